The van der Waals surface area contributed by atoms with Crippen LogP contribution in [-0.4, -0.2) is 55.3 Å². The zero-order valence-corrected chi connectivity index (χ0v) is 12.9. The number of ether oxygens (including phenoxy) is 1. The molecule has 0 aliphatic carbocycles. The van der Waals surface area contributed by atoms with Crippen LogP contribution in [0.1, 0.15) is 24.2 Å². The van der Waals surface area contributed by atoms with E-state index in [0.717, 1.165) is 17.5 Å². The van der Waals surface area contributed by atoms with E-state index in [1.807, 2.05) is 43.3 Å². The molecule has 116 valence electrons. The summed E-state index contributed by atoms with van der Waals surface area (Å²) in [6, 6.07) is 7.84. The van der Waals surface area contributed by atoms with Crippen molar-refractivity contribution in [2.45, 2.75) is 25.0 Å². The molecule has 5 nitrogen and oxygen atoms in total. The number of nitrogens with zero attached hydrogens (tertiary/aromatic N) is 1. The standard InChI is InChI=1S/C16H24N2O3/c1-16(20,11-18(2)3)10-17-15(19)14-13-7-5-4-6-12(13)8-9-21-14/h4-7,14,20H,8-11H2,1-3H3,(H,17,19). The first-order valence-corrected chi connectivity index (χ1v) is 7.23. The highest BCUT2D eigenvalue weighted by molar-refractivity contribution is 5.83. The van der Waals surface area contributed by atoms with E-state index < -0.39 is 11.7 Å². The first-order chi connectivity index (χ1) is 9.89. The van der Waals surface area contributed by atoms with Gasteiger partial charge >= 0.3 is 0 Å². The fraction of sp³-hybridized carbons (Fsp3) is 0.562. The molecule has 0 aromatic heterocycles. The van der Waals surface area contributed by atoms with Gasteiger partial charge in [-0.2, -0.15) is 0 Å². The van der Waals surface area contributed by atoms with E-state index in [0.29, 0.717) is 13.2 Å². The van der Waals surface area contributed by atoms with E-state index in [1.165, 1.54) is 0 Å². The lowest BCUT2D eigenvalue weighted by atomic mass is 9.97. The molecule has 21 heavy (non-hydrogen) atoms. The molecular weight excluding hydrogens is 268 g/mol. The minimum absolute atomic E-state index is 0.193. The lowest BCUT2D eigenvalue weighted by molar-refractivity contribution is -0.135. The van der Waals surface area contributed by atoms with Gasteiger partial charge in [0.2, 0.25) is 0 Å². The Morgan fingerprint density at radius 1 is 1.48 bits per heavy atom. The SMILES string of the molecule is CN(C)CC(C)(O)CNC(=O)C1OCCc2ccccc21. The van der Waals surface area contributed by atoms with Gasteiger partial charge in [0.1, 0.15) is 0 Å². The summed E-state index contributed by atoms with van der Waals surface area (Å²) < 4.78 is 5.61. The number of aliphatic hydroxyl groups is 1. The number of nitrogens with one attached hydrogen (secondary N) is 1. The van der Waals surface area contributed by atoms with E-state index in [9.17, 15) is 9.90 Å². The molecule has 2 unspecified atom stereocenters. The number of amides is 1. The van der Waals surface area contributed by atoms with Crippen LogP contribution in [0.15, 0.2) is 24.3 Å². The fourth-order valence-corrected chi connectivity index (χ4v) is 2.72. The van der Waals surface area contributed by atoms with Crippen molar-refractivity contribution in [3.05, 3.63) is 35.4 Å². The zero-order valence-electron chi connectivity index (χ0n) is 12.9. The third-order valence-electron chi connectivity index (χ3n) is 3.53. The van der Waals surface area contributed by atoms with Gasteiger partial charge in [0.15, 0.2) is 6.10 Å². The van der Waals surface area contributed by atoms with E-state index >= 15 is 0 Å². The maximum atomic E-state index is 12.3. The summed E-state index contributed by atoms with van der Waals surface area (Å²) in [4.78, 5) is 14.2. The van der Waals surface area contributed by atoms with Crippen LogP contribution in [-0.2, 0) is 16.0 Å². The Balaban J connectivity index is 1.99. The number of rotatable bonds is 5. The number of benzene rings is 1. The molecule has 0 spiro atoms. The predicted octanol–water partition coefficient (Wildman–Crippen LogP) is 0.729. The quantitative estimate of drug-likeness (QED) is 0.840. The second-order valence-electron chi connectivity index (χ2n) is 6.15. The summed E-state index contributed by atoms with van der Waals surface area (Å²) in [6.07, 6.45) is 0.253. The van der Waals surface area contributed by atoms with Crippen molar-refractivity contribution < 1.29 is 14.6 Å². The molecule has 1 aromatic rings. The van der Waals surface area contributed by atoms with Crippen LogP contribution in [0.25, 0.3) is 0 Å². The van der Waals surface area contributed by atoms with E-state index in [-0.39, 0.29) is 12.5 Å². The molecule has 1 aliphatic heterocycles. The van der Waals surface area contributed by atoms with Crippen molar-refractivity contribution in [1.29, 1.82) is 0 Å². The van der Waals surface area contributed by atoms with Crippen molar-refractivity contribution in [3.63, 3.8) is 0 Å². The van der Waals surface area contributed by atoms with Crippen molar-refractivity contribution in [3.8, 4) is 0 Å². The van der Waals surface area contributed by atoms with Gasteiger partial charge in [0.05, 0.1) is 12.2 Å². The van der Waals surface area contributed by atoms with Gasteiger partial charge in [-0.25, -0.2) is 0 Å². The number of likely N-dealkylation sites (N-methyl/N-ethyl adjacent to an activating group) is 1. The molecule has 0 saturated heterocycles. The lowest BCUT2D eigenvalue weighted by Gasteiger charge is -2.29. The Kier molecular flexibility index (Phi) is 4.98. The number of fused-ring (bicyclic) bond motifs is 1. The summed E-state index contributed by atoms with van der Waals surface area (Å²) in [5.41, 5.74) is 1.12. The Labute approximate surface area is 125 Å². The van der Waals surface area contributed by atoms with E-state index in [1.54, 1.807) is 6.92 Å². The smallest absolute Gasteiger partial charge is 0.253 e. The van der Waals surface area contributed by atoms with Gasteiger partial charge in [-0.1, -0.05) is 24.3 Å². The van der Waals surface area contributed by atoms with Crippen LogP contribution in [0.5, 0.6) is 0 Å². The fourth-order valence-electron chi connectivity index (χ4n) is 2.72. The minimum atomic E-state index is -0.965. The summed E-state index contributed by atoms with van der Waals surface area (Å²) in [7, 11) is 3.77. The van der Waals surface area contributed by atoms with E-state index in [4.69, 9.17) is 4.74 Å². The third kappa shape index (κ3) is 4.27. The number of carbonyl (C=O) groups excluding carboxylic acids is 1. The molecule has 2 atom stereocenters. The van der Waals surface area contributed by atoms with Gasteiger partial charge in [-0.05, 0) is 38.6 Å². The zero-order chi connectivity index (χ0) is 15.5. The van der Waals surface area contributed by atoms with Crippen LogP contribution >= 0.6 is 0 Å². The maximum absolute atomic E-state index is 12.3. The highest BCUT2D eigenvalue weighted by atomic mass is 16.5. The van der Waals surface area contributed by atoms with Gasteiger partial charge in [-0.3, -0.25) is 4.79 Å². The summed E-state index contributed by atoms with van der Waals surface area (Å²) in [6.45, 7) is 2.94. The average Bonchev–Trinajstić information content (AvgIpc) is 2.43. The van der Waals surface area contributed by atoms with Gasteiger partial charge in [0.25, 0.3) is 5.91 Å². The van der Waals surface area contributed by atoms with Crippen molar-refractivity contribution >= 4 is 5.91 Å². The number of hydrogen-bond donors (Lipinski definition) is 2. The molecule has 0 radical (unpaired) electrons. The number of hydrogen-bond acceptors (Lipinski definition) is 4. The Morgan fingerprint density at radius 2 is 2.19 bits per heavy atom. The van der Waals surface area contributed by atoms with E-state index in [2.05, 4.69) is 5.32 Å². The normalized spacial score (nSPS) is 20.7. The third-order valence-corrected chi connectivity index (χ3v) is 3.53. The lowest BCUT2D eigenvalue weighted by Crippen LogP contribution is -2.48. The topological polar surface area (TPSA) is 61.8 Å². The molecule has 2 rings (SSSR count). The average molecular weight is 292 g/mol. The molecule has 1 heterocycles. The molecule has 2 N–H and O–H groups in total. The Hall–Kier alpha value is -1.43. The van der Waals surface area contributed by atoms with Crippen molar-refractivity contribution in [2.75, 3.05) is 33.8 Å². The minimum Gasteiger partial charge on any atom is -0.387 e. The molecule has 1 aromatic carbocycles. The highest BCUT2D eigenvalue weighted by Crippen LogP contribution is 2.27. The second kappa shape index (κ2) is 6.56. The van der Waals surface area contributed by atoms with Crippen molar-refractivity contribution in [2.24, 2.45) is 0 Å². The Morgan fingerprint density at radius 3 is 2.90 bits per heavy atom. The molecular formula is C16H24N2O3. The van der Waals surface area contributed by atoms with Crippen LogP contribution in [0.3, 0.4) is 0 Å². The summed E-state index contributed by atoms with van der Waals surface area (Å²) in [5, 5.41) is 13.0. The maximum Gasteiger partial charge on any atom is 0.253 e. The van der Waals surface area contributed by atoms with Crippen LogP contribution in [0, 0.1) is 0 Å². The summed E-state index contributed by atoms with van der Waals surface area (Å²) >= 11 is 0. The largest absolute Gasteiger partial charge is 0.387 e. The van der Waals surface area contributed by atoms with Gasteiger partial charge in [0, 0.05) is 13.1 Å². The summed E-state index contributed by atoms with van der Waals surface area (Å²) in [5.74, 6) is -0.193. The first-order valence-electron chi connectivity index (χ1n) is 7.23. The molecule has 1 amide bonds. The first kappa shape index (κ1) is 15.9. The van der Waals surface area contributed by atoms with Crippen molar-refractivity contribution in [1.82, 2.24) is 10.2 Å². The Bertz CT molecular complexity index is 500. The molecule has 5 heteroatoms. The highest BCUT2D eigenvalue weighted by Gasteiger charge is 2.29. The van der Waals surface area contributed by atoms with Gasteiger partial charge in [-0.15, -0.1) is 0 Å². The van der Waals surface area contributed by atoms with Gasteiger partial charge < -0.3 is 20.1 Å². The number of carbonyl (C=O) groups is 1. The second-order valence-corrected chi connectivity index (χ2v) is 6.15. The monoisotopic (exact) mass is 292 g/mol. The van der Waals surface area contributed by atoms with Crippen LogP contribution in [0.2, 0.25) is 0 Å². The van der Waals surface area contributed by atoms with Crippen LogP contribution in [0.4, 0.5) is 0 Å². The molecule has 0 bridgehead atoms. The molecule has 0 fully saturated rings. The molecule has 0 saturated carbocycles. The molecule has 1 aliphatic rings. The predicted molar refractivity (Wildman–Crippen MR) is 81.0 cm³/mol. The van der Waals surface area contributed by atoms with Crippen LogP contribution < -0.4 is 5.32 Å².